The van der Waals surface area contributed by atoms with E-state index in [0.29, 0.717) is 6.54 Å². The summed E-state index contributed by atoms with van der Waals surface area (Å²) in [6, 6.07) is 8.30. The van der Waals surface area contributed by atoms with Gasteiger partial charge in [0.1, 0.15) is 0 Å². The van der Waals surface area contributed by atoms with E-state index in [-0.39, 0.29) is 17.9 Å². The molecule has 0 saturated heterocycles. The minimum absolute atomic E-state index is 0.0315. The van der Waals surface area contributed by atoms with Gasteiger partial charge in [0.25, 0.3) is 0 Å². The smallest absolute Gasteiger partial charge is 0.227 e. The van der Waals surface area contributed by atoms with Crippen molar-refractivity contribution in [2.45, 2.75) is 45.7 Å². The molecule has 2 rings (SSSR count). The molecule has 1 aromatic rings. The van der Waals surface area contributed by atoms with E-state index >= 15 is 0 Å². The van der Waals surface area contributed by atoms with Crippen LogP contribution >= 0.6 is 0 Å². The summed E-state index contributed by atoms with van der Waals surface area (Å²) in [7, 11) is 0. The van der Waals surface area contributed by atoms with E-state index in [0.717, 1.165) is 25.8 Å². The Hall–Kier alpha value is -1.35. The van der Waals surface area contributed by atoms with Crippen LogP contribution in [0.1, 0.15) is 37.3 Å². The zero-order chi connectivity index (χ0) is 13.8. The molecule has 0 aromatic heterocycles. The molecule has 2 N–H and O–H groups in total. The molecular weight excluding hydrogens is 236 g/mol. The molecule has 1 aromatic carbocycles. The monoisotopic (exact) mass is 260 g/mol. The first-order chi connectivity index (χ1) is 9.13. The van der Waals surface area contributed by atoms with Crippen LogP contribution in [0.2, 0.25) is 0 Å². The number of hydrogen-bond acceptors (Lipinski definition) is 2. The molecule has 0 bridgehead atoms. The molecular formula is C16H24N2O. The average Bonchev–Trinajstić information content (AvgIpc) is 2.83. The highest BCUT2D eigenvalue weighted by Gasteiger charge is 2.32. The van der Waals surface area contributed by atoms with Gasteiger partial charge >= 0.3 is 0 Å². The summed E-state index contributed by atoms with van der Waals surface area (Å²) in [6.45, 7) is 5.58. The molecule has 0 radical (unpaired) electrons. The van der Waals surface area contributed by atoms with Crippen molar-refractivity contribution in [1.82, 2.24) is 4.90 Å². The second-order valence-electron chi connectivity index (χ2n) is 5.48. The number of aryl methyl sites for hydroxylation is 1. The van der Waals surface area contributed by atoms with E-state index in [1.165, 1.54) is 11.1 Å². The third-order valence-electron chi connectivity index (χ3n) is 4.20. The van der Waals surface area contributed by atoms with Crippen molar-refractivity contribution < 1.29 is 4.79 Å². The lowest BCUT2D eigenvalue weighted by atomic mass is 10.0. The van der Waals surface area contributed by atoms with Crippen molar-refractivity contribution in [3.63, 3.8) is 0 Å². The van der Waals surface area contributed by atoms with Gasteiger partial charge in [0, 0.05) is 19.1 Å². The molecule has 1 aliphatic rings. The van der Waals surface area contributed by atoms with Crippen LogP contribution in [0.3, 0.4) is 0 Å². The molecule has 104 valence electrons. The molecule has 0 heterocycles. The standard InChI is InChI=1S/C16H24N2O/c1-3-18(11-13-8-5-4-7-12(13)2)16(19)14-9-6-10-15(14)17/h4-5,7-8,14-15H,3,6,9-11,17H2,1-2H3/t14-,15-/m1/s1. The summed E-state index contributed by atoms with van der Waals surface area (Å²) in [4.78, 5) is 14.5. The summed E-state index contributed by atoms with van der Waals surface area (Å²) in [5.74, 6) is 0.264. The lowest BCUT2D eigenvalue weighted by molar-refractivity contribution is -0.136. The van der Waals surface area contributed by atoms with Gasteiger partial charge in [-0.15, -0.1) is 0 Å². The molecule has 19 heavy (non-hydrogen) atoms. The molecule has 1 saturated carbocycles. The summed E-state index contributed by atoms with van der Waals surface area (Å²) in [6.07, 6.45) is 3.02. The highest BCUT2D eigenvalue weighted by Crippen LogP contribution is 2.26. The Kier molecular flexibility index (Phi) is 4.59. The Labute approximate surface area is 115 Å². The highest BCUT2D eigenvalue weighted by molar-refractivity contribution is 5.80. The number of carbonyl (C=O) groups is 1. The fourth-order valence-electron chi connectivity index (χ4n) is 2.87. The minimum atomic E-state index is 0.0315. The van der Waals surface area contributed by atoms with Crippen molar-refractivity contribution in [3.8, 4) is 0 Å². The van der Waals surface area contributed by atoms with Crippen LogP contribution in [0.5, 0.6) is 0 Å². The summed E-state index contributed by atoms with van der Waals surface area (Å²) in [5, 5.41) is 0. The van der Waals surface area contributed by atoms with Crippen molar-refractivity contribution in [2.24, 2.45) is 11.7 Å². The van der Waals surface area contributed by atoms with Gasteiger partial charge < -0.3 is 10.6 Å². The van der Waals surface area contributed by atoms with Crippen LogP contribution in [-0.2, 0) is 11.3 Å². The maximum Gasteiger partial charge on any atom is 0.227 e. The first-order valence-corrected chi connectivity index (χ1v) is 7.22. The van der Waals surface area contributed by atoms with Gasteiger partial charge in [0.2, 0.25) is 5.91 Å². The maximum absolute atomic E-state index is 12.5. The third kappa shape index (κ3) is 3.16. The predicted octanol–water partition coefficient (Wildman–Crippen LogP) is 2.47. The highest BCUT2D eigenvalue weighted by atomic mass is 16.2. The van der Waals surface area contributed by atoms with E-state index in [1.54, 1.807) is 0 Å². The van der Waals surface area contributed by atoms with Gasteiger partial charge in [0.05, 0.1) is 5.92 Å². The Morgan fingerprint density at radius 2 is 2.11 bits per heavy atom. The fraction of sp³-hybridized carbons (Fsp3) is 0.562. The van der Waals surface area contributed by atoms with E-state index < -0.39 is 0 Å². The van der Waals surface area contributed by atoms with Gasteiger partial charge in [-0.05, 0) is 37.8 Å². The first-order valence-electron chi connectivity index (χ1n) is 7.22. The summed E-state index contributed by atoms with van der Waals surface area (Å²) < 4.78 is 0. The molecule has 1 amide bonds. The zero-order valence-corrected chi connectivity index (χ0v) is 11.9. The maximum atomic E-state index is 12.5. The van der Waals surface area contributed by atoms with Crippen LogP contribution in [0, 0.1) is 12.8 Å². The number of benzene rings is 1. The molecule has 1 aliphatic carbocycles. The topological polar surface area (TPSA) is 46.3 Å². The Morgan fingerprint density at radius 3 is 2.68 bits per heavy atom. The second kappa shape index (κ2) is 6.20. The number of rotatable bonds is 4. The number of nitrogens with zero attached hydrogens (tertiary/aromatic N) is 1. The van der Waals surface area contributed by atoms with E-state index in [2.05, 4.69) is 19.1 Å². The summed E-state index contributed by atoms with van der Waals surface area (Å²) >= 11 is 0. The molecule has 3 nitrogen and oxygen atoms in total. The first kappa shape index (κ1) is 14.1. The second-order valence-corrected chi connectivity index (χ2v) is 5.48. The van der Waals surface area contributed by atoms with Crippen LogP contribution in [-0.4, -0.2) is 23.4 Å². The minimum Gasteiger partial charge on any atom is -0.338 e. The Balaban J connectivity index is 2.08. The van der Waals surface area contributed by atoms with Crippen molar-refractivity contribution in [1.29, 1.82) is 0 Å². The number of nitrogens with two attached hydrogens (primary N) is 1. The fourth-order valence-corrected chi connectivity index (χ4v) is 2.87. The molecule has 3 heteroatoms. The molecule has 0 spiro atoms. The van der Waals surface area contributed by atoms with Crippen molar-refractivity contribution in [3.05, 3.63) is 35.4 Å². The van der Waals surface area contributed by atoms with Gasteiger partial charge in [0.15, 0.2) is 0 Å². The lowest BCUT2D eigenvalue weighted by Gasteiger charge is -2.26. The Morgan fingerprint density at radius 1 is 1.37 bits per heavy atom. The zero-order valence-electron chi connectivity index (χ0n) is 11.9. The van der Waals surface area contributed by atoms with Gasteiger partial charge in [-0.3, -0.25) is 4.79 Å². The number of carbonyl (C=O) groups excluding carboxylic acids is 1. The van der Waals surface area contributed by atoms with Crippen LogP contribution < -0.4 is 5.73 Å². The van der Waals surface area contributed by atoms with Crippen LogP contribution in [0.4, 0.5) is 0 Å². The normalized spacial score (nSPS) is 22.5. The average molecular weight is 260 g/mol. The lowest BCUT2D eigenvalue weighted by Crippen LogP contribution is -2.41. The van der Waals surface area contributed by atoms with Gasteiger partial charge in [-0.1, -0.05) is 30.7 Å². The molecule has 1 fully saturated rings. The number of hydrogen-bond donors (Lipinski definition) is 1. The van der Waals surface area contributed by atoms with Crippen LogP contribution in [0.25, 0.3) is 0 Å². The van der Waals surface area contributed by atoms with Crippen molar-refractivity contribution >= 4 is 5.91 Å². The molecule has 0 unspecified atom stereocenters. The van der Waals surface area contributed by atoms with E-state index in [1.807, 2.05) is 24.0 Å². The predicted molar refractivity (Wildman–Crippen MR) is 77.6 cm³/mol. The van der Waals surface area contributed by atoms with Gasteiger partial charge in [-0.25, -0.2) is 0 Å². The quantitative estimate of drug-likeness (QED) is 0.904. The molecule has 2 atom stereocenters. The van der Waals surface area contributed by atoms with E-state index in [9.17, 15) is 4.79 Å². The summed E-state index contributed by atoms with van der Waals surface area (Å²) in [5.41, 5.74) is 8.51. The van der Waals surface area contributed by atoms with Crippen LogP contribution in [0.15, 0.2) is 24.3 Å². The SMILES string of the molecule is CCN(Cc1ccccc1C)C(=O)[C@@H]1CCC[C@H]1N. The van der Waals surface area contributed by atoms with Crippen molar-refractivity contribution in [2.75, 3.05) is 6.54 Å². The number of amides is 1. The van der Waals surface area contributed by atoms with E-state index in [4.69, 9.17) is 5.73 Å². The van der Waals surface area contributed by atoms with Gasteiger partial charge in [-0.2, -0.15) is 0 Å². The largest absolute Gasteiger partial charge is 0.338 e. The third-order valence-corrected chi connectivity index (χ3v) is 4.20. The molecule has 0 aliphatic heterocycles. The Bertz CT molecular complexity index is 444.